The topological polar surface area (TPSA) is 35.0 Å². The molecule has 0 spiro atoms. The van der Waals surface area contributed by atoms with Gasteiger partial charge in [0.2, 0.25) is 5.88 Å². The molecule has 2 aromatic heterocycles. The van der Waals surface area contributed by atoms with E-state index < -0.39 is 0 Å². The number of ether oxygens (including phenoxy) is 1. The maximum absolute atomic E-state index is 5.49. The van der Waals surface area contributed by atoms with Crippen molar-refractivity contribution >= 4 is 27.3 Å². The smallest absolute Gasteiger partial charge is 0.228 e. The third-order valence-corrected chi connectivity index (χ3v) is 2.92. The summed E-state index contributed by atoms with van der Waals surface area (Å²) < 4.78 is 6.36. The van der Waals surface area contributed by atoms with Gasteiger partial charge in [-0.05, 0) is 28.1 Å². The molecule has 0 bridgehead atoms. The van der Waals surface area contributed by atoms with E-state index in [0.717, 1.165) is 9.35 Å². The monoisotopic (exact) mass is 270 g/mol. The molecule has 5 heteroatoms. The lowest BCUT2D eigenvalue weighted by Gasteiger charge is -2.03. The molecule has 2 aromatic rings. The minimum absolute atomic E-state index is 0.514. The standard InChI is InChI=1S/C9H7BrN2OS/c10-8-2-1-3-12-9(8)13-5-7-4-11-6-14-7/h1-4,6H,5H2. The van der Waals surface area contributed by atoms with Crippen molar-refractivity contribution in [2.75, 3.05) is 0 Å². The Labute approximate surface area is 93.9 Å². The molecule has 0 saturated heterocycles. The van der Waals surface area contributed by atoms with Gasteiger partial charge in [0.15, 0.2) is 0 Å². The summed E-state index contributed by atoms with van der Waals surface area (Å²) >= 11 is 4.93. The highest BCUT2D eigenvalue weighted by atomic mass is 79.9. The molecule has 0 aliphatic rings. The normalized spacial score (nSPS) is 10.1. The Bertz CT molecular complexity index is 405. The van der Waals surface area contributed by atoms with Gasteiger partial charge in [-0.15, -0.1) is 11.3 Å². The molecule has 0 N–H and O–H groups in total. The first kappa shape index (κ1) is 9.61. The zero-order valence-electron chi connectivity index (χ0n) is 7.18. The fourth-order valence-corrected chi connectivity index (χ4v) is 1.81. The molecule has 0 aliphatic heterocycles. The van der Waals surface area contributed by atoms with Crippen LogP contribution < -0.4 is 4.74 Å². The number of hydrogen-bond donors (Lipinski definition) is 0. The Hall–Kier alpha value is -0.940. The van der Waals surface area contributed by atoms with Crippen LogP contribution in [0.1, 0.15) is 4.88 Å². The number of thiazole rings is 1. The van der Waals surface area contributed by atoms with E-state index in [-0.39, 0.29) is 0 Å². The Balaban J connectivity index is 2.02. The number of nitrogens with zero attached hydrogens (tertiary/aromatic N) is 2. The van der Waals surface area contributed by atoms with Crippen molar-refractivity contribution in [3.63, 3.8) is 0 Å². The highest BCUT2D eigenvalue weighted by Gasteiger charge is 2.01. The quantitative estimate of drug-likeness (QED) is 0.861. The summed E-state index contributed by atoms with van der Waals surface area (Å²) in [6.07, 6.45) is 3.49. The first-order valence-electron chi connectivity index (χ1n) is 3.97. The number of pyridine rings is 1. The molecule has 0 atom stereocenters. The van der Waals surface area contributed by atoms with Crippen LogP contribution in [0.3, 0.4) is 0 Å². The van der Waals surface area contributed by atoms with Crippen molar-refractivity contribution in [2.24, 2.45) is 0 Å². The lowest BCUT2D eigenvalue weighted by Crippen LogP contribution is -1.95. The summed E-state index contributed by atoms with van der Waals surface area (Å²) in [7, 11) is 0. The maximum atomic E-state index is 5.49. The number of halogens is 1. The minimum Gasteiger partial charge on any atom is -0.471 e. The Morgan fingerprint density at radius 1 is 1.50 bits per heavy atom. The van der Waals surface area contributed by atoms with Crippen LogP contribution in [0.5, 0.6) is 5.88 Å². The van der Waals surface area contributed by atoms with Gasteiger partial charge < -0.3 is 4.74 Å². The Morgan fingerprint density at radius 2 is 2.43 bits per heavy atom. The molecular weight excluding hydrogens is 264 g/mol. The van der Waals surface area contributed by atoms with Crippen molar-refractivity contribution in [3.05, 3.63) is 39.4 Å². The summed E-state index contributed by atoms with van der Waals surface area (Å²) in [4.78, 5) is 9.14. The molecule has 0 amide bonds. The molecule has 2 heterocycles. The summed E-state index contributed by atoms with van der Waals surface area (Å²) in [5.41, 5.74) is 1.78. The van der Waals surface area contributed by atoms with Crippen molar-refractivity contribution in [3.8, 4) is 5.88 Å². The largest absolute Gasteiger partial charge is 0.471 e. The number of aromatic nitrogens is 2. The lowest BCUT2D eigenvalue weighted by molar-refractivity contribution is 0.295. The predicted octanol–water partition coefficient (Wildman–Crippen LogP) is 2.88. The molecule has 72 valence electrons. The van der Waals surface area contributed by atoms with Crippen molar-refractivity contribution < 1.29 is 4.74 Å². The van der Waals surface area contributed by atoms with Gasteiger partial charge in [0.25, 0.3) is 0 Å². The van der Waals surface area contributed by atoms with Crippen LogP contribution >= 0.6 is 27.3 Å². The van der Waals surface area contributed by atoms with E-state index in [2.05, 4.69) is 25.9 Å². The van der Waals surface area contributed by atoms with Gasteiger partial charge in [-0.1, -0.05) is 0 Å². The van der Waals surface area contributed by atoms with E-state index in [1.165, 1.54) is 0 Å². The van der Waals surface area contributed by atoms with Gasteiger partial charge in [0.1, 0.15) is 6.61 Å². The van der Waals surface area contributed by atoms with Gasteiger partial charge in [-0.2, -0.15) is 0 Å². The zero-order chi connectivity index (χ0) is 9.80. The molecule has 0 aliphatic carbocycles. The second-order valence-electron chi connectivity index (χ2n) is 2.55. The fourth-order valence-electron chi connectivity index (χ4n) is 0.930. The van der Waals surface area contributed by atoms with Crippen LogP contribution in [-0.4, -0.2) is 9.97 Å². The van der Waals surface area contributed by atoms with E-state index >= 15 is 0 Å². The number of hydrogen-bond acceptors (Lipinski definition) is 4. The molecule has 2 rings (SSSR count). The molecule has 14 heavy (non-hydrogen) atoms. The van der Waals surface area contributed by atoms with Crippen molar-refractivity contribution in [1.29, 1.82) is 0 Å². The average Bonchev–Trinajstić information content (AvgIpc) is 2.69. The number of rotatable bonds is 3. The molecule has 0 unspecified atom stereocenters. The van der Waals surface area contributed by atoms with Crippen LogP contribution in [0, 0.1) is 0 Å². The van der Waals surface area contributed by atoms with Crippen molar-refractivity contribution in [1.82, 2.24) is 9.97 Å². The third kappa shape index (κ3) is 2.30. The maximum Gasteiger partial charge on any atom is 0.228 e. The van der Waals surface area contributed by atoms with Gasteiger partial charge in [0, 0.05) is 12.4 Å². The molecule has 0 fully saturated rings. The average molecular weight is 271 g/mol. The van der Waals surface area contributed by atoms with Gasteiger partial charge in [-0.3, -0.25) is 4.98 Å². The first-order valence-corrected chi connectivity index (χ1v) is 5.64. The van der Waals surface area contributed by atoms with Gasteiger partial charge >= 0.3 is 0 Å². The highest BCUT2D eigenvalue weighted by molar-refractivity contribution is 9.10. The van der Waals surface area contributed by atoms with Crippen LogP contribution in [0.25, 0.3) is 0 Å². The summed E-state index contributed by atoms with van der Waals surface area (Å²) in [6, 6.07) is 3.75. The Morgan fingerprint density at radius 3 is 3.14 bits per heavy atom. The highest BCUT2D eigenvalue weighted by Crippen LogP contribution is 2.22. The third-order valence-electron chi connectivity index (χ3n) is 1.56. The fraction of sp³-hybridized carbons (Fsp3) is 0.111. The zero-order valence-corrected chi connectivity index (χ0v) is 9.59. The van der Waals surface area contributed by atoms with E-state index in [9.17, 15) is 0 Å². The van der Waals surface area contributed by atoms with Crippen LogP contribution in [0.4, 0.5) is 0 Å². The van der Waals surface area contributed by atoms with E-state index in [1.54, 1.807) is 29.2 Å². The molecule has 0 radical (unpaired) electrons. The molecule has 3 nitrogen and oxygen atoms in total. The van der Waals surface area contributed by atoms with Gasteiger partial charge in [-0.25, -0.2) is 4.98 Å². The van der Waals surface area contributed by atoms with Crippen LogP contribution in [-0.2, 0) is 6.61 Å². The first-order chi connectivity index (χ1) is 6.86. The SMILES string of the molecule is Brc1cccnc1OCc1cncs1. The van der Waals surface area contributed by atoms with E-state index in [4.69, 9.17) is 4.74 Å². The second-order valence-corrected chi connectivity index (χ2v) is 4.37. The van der Waals surface area contributed by atoms with E-state index in [1.807, 2.05) is 12.1 Å². The van der Waals surface area contributed by atoms with Gasteiger partial charge in [0.05, 0.1) is 14.9 Å². The lowest BCUT2D eigenvalue weighted by atomic mass is 10.5. The van der Waals surface area contributed by atoms with Crippen molar-refractivity contribution in [2.45, 2.75) is 6.61 Å². The minimum atomic E-state index is 0.514. The van der Waals surface area contributed by atoms with Crippen LogP contribution in [0.2, 0.25) is 0 Å². The molecule has 0 aromatic carbocycles. The predicted molar refractivity (Wildman–Crippen MR) is 58.4 cm³/mol. The van der Waals surface area contributed by atoms with E-state index in [0.29, 0.717) is 12.5 Å². The molecular formula is C9H7BrN2OS. The van der Waals surface area contributed by atoms with Crippen LogP contribution in [0.15, 0.2) is 34.5 Å². The Kier molecular flexibility index (Phi) is 3.10. The summed E-state index contributed by atoms with van der Waals surface area (Å²) in [6.45, 7) is 0.514. The molecule has 0 saturated carbocycles. The second kappa shape index (κ2) is 4.52. The summed E-state index contributed by atoms with van der Waals surface area (Å²) in [5, 5.41) is 0. The summed E-state index contributed by atoms with van der Waals surface area (Å²) in [5.74, 6) is 0.612.